The van der Waals surface area contributed by atoms with Gasteiger partial charge in [0.05, 0.1) is 16.4 Å². The highest BCUT2D eigenvalue weighted by Gasteiger charge is 2.23. The van der Waals surface area contributed by atoms with Crippen LogP contribution in [0.4, 0.5) is 5.95 Å². The summed E-state index contributed by atoms with van der Waals surface area (Å²) in [4.78, 5) is 8.74. The lowest BCUT2D eigenvalue weighted by molar-refractivity contribution is 1.04. The molecule has 2 aromatic rings. The molecule has 0 atom stereocenters. The predicted molar refractivity (Wildman–Crippen MR) is 101 cm³/mol. The van der Waals surface area contributed by atoms with Gasteiger partial charge in [-0.15, -0.1) is 0 Å². The molecule has 1 fully saturated rings. The second-order valence-electron chi connectivity index (χ2n) is 6.14. The lowest BCUT2D eigenvalue weighted by atomic mass is 10.1. The summed E-state index contributed by atoms with van der Waals surface area (Å²) in [5.41, 5.74) is 4.49. The number of hydrogen-bond donors (Lipinski definition) is 2. The fourth-order valence-electron chi connectivity index (χ4n) is 2.50. The fraction of sp³-hybridized carbons (Fsp3) is 0.211. The van der Waals surface area contributed by atoms with Crippen molar-refractivity contribution in [3.63, 3.8) is 0 Å². The topological polar surface area (TPSA) is 73.6 Å². The smallest absolute Gasteiger partial charge is 0.223 e. The van der Waals surface area contributed by atoms with E-state index >= 15 is 0 Å². The Kier molecular flexibility index (Phi) is 4.16. The molecule has 6 heteroatoms. The van der Waals surface area contributed by atoms with E-state index in [4.69, 9.17) is 0 Å². The van der Waals surface area contributed by atoms with Gasteiger partial charge >= 0.3 is 0 Å². The Morgan fingerprint density at radius 2 is 2.08 bits per heavy atom. The number of allylic oxidation sites excluding steroid dienone is 1. The highest BCUT2D eigenvalue weighted by molar-refractivity contribution is 8.06. The monoisotopic (exact) mass is 347 g/mol. The number of nitrogens with one attached hydrogen (secondary N) is 2. The average molecular weight is 347 g/mol. The van der Waals surface area contributed by atoms with Crippen molar-refractivity contribution in [3.05, 3.63) is 63.8 Å². The van der Waals surface area contributed by atoms with Crippen LogP contribution >= 0.6 is 11.8 Å². The van der Waals surface area contributed by atoms with Crippen LogP contribution in [0.1, 0.15) is 29.7 Å². The van der Waals surface area contributed by atoms with E-state index in [9.17, 15) is 5.26 Å². The Hall–Kier alpha value is -2.78. The summed E-state index contributed by atoms with van der Waals surface area (Å²) in [6.45, 7) is 2.07. The van der Waals surface area contributed by atoms with Crippen molar-refractivity contribution in [1.29, 1.82) is 5.26 Å². The summed E-state index contributed by atoms with van der Waals surface area (Å²) < 4.78 is 0. The van der Waals surface area contributed by atoms with Crippen LogP contribution < -0.4 is 10.6 Å². The zero-order valence-electron chi connectivity index (χ0n) is 13.8. The van der Waals surface area contributed by atoms with Gasteiger partial charge in [-0.1, -0.05) is 41.6 Å². The number of thioether (sulfide) groups is 1. The van der Waals surface area contributed by atoms with Crippen molar-refractivity contribution in [2.45, 2.75) is 25.8 Å². The van der Waals surface area contributed by atoms with Gasteiger partial charge in [0.15, 0.2) is 0 Å². The van der Waals surface area contributed by atoms with Gasteiger partial charge in [0, 0.05) is 17.6 Å². The van der Waals surface area contributed by atoms with E-state index < -0.39 is 0 Å². The standard InChI is InChI=1S/C19H17N5S/c1-12-2-4-13(5-3-12)17-11-25-18(23-17)15(10-20)16-8-9-21-19(24-16)22-14-6-7-14/h2-5,8-9,11,14,23H,6-7H2,1H3,(H,21,22,24). The first-order chi connectivity index (χ1) is 12.2. The third kappa shape index (κ3) is 3.52. The number of rotatable bonds is 4. The molecule has 0 bridgehead atoms. The van der Waals surface area contributed by atoms with Gasteiger partial charge in [0.2, 0.25) is 5.95 Å². The van der Waals surface area contributed by atoms with E-state index in [0.29, 0.717) is 23.3 Å². The molecule has 4 rings (SSSR count). The van der Waals surface area contributed by atoms with Gasteiger partial charge in [-0.2, -0.15) is 5.26 Å². The van der Waals surface area contributed by atoms with Gasteiger partial charge in [0.25, 0.3) is 0 Å². The summed E-state index contributed by atoms with van der Waals surface area (Å²) in [7, 11) is 0. The van der Waals surface area contributed by atoms with E-state index in [0.717, 1.165) is 29.1 Å². The number of nitriles is 1. The zero-order valence-corrected chi connectivity index (χ0v) is 14.6. The van der Waals surface area contributed by atoms with Crippen LogP contribution in [0.3, 0.4) is 0 Å². The molecule has 25 heavy (non-hydrogen) atoms. The Balaban J connectivity index is 1.58. The number of aromatic nitrogens is 2. The zero-order chi connectivity index (χ0) is 17.2. The molecule has 1 aromatic carbocycles. The minimum atomic E-state index is 0.474. The third-order valence-corrected chi connectivity index (χ3v) is 4.96. The van der Waals surface area contributed by atoms with Crippen LogP contribution in [0.25, 0.3) is 11.3 Å². The molecule has 5 nitrogen and oxygen atoms in total. The molecule has 2 N–H and O–H groups in total. The van der Waals surface area contributed by atoms with E-state index in [1.54, 1.807) is 12.3 Å². The second-order valence-corrected chi connectivity index (χ2v) is 7.02. The highest BCUT2D eigenvalue weighted by atomic mass is 32.2. The summed E-state index contributed by atoms with van der Waals surface area (Å²) in [6.07, 6.45) is 4.00. The SMILES string of the molecule is Cc1ccc(C2=CSC(=C(C#N)c3ccnc(NC4CC4)n3)N2)cc1. The van der Waals surface area contributed by atoms with Crippen molar-refractivity contribution in [3.8, 4) is 6.07 Å². The van der Waals surface area contributed by atoms with Crippen molar-refractivity contribution in [2.24, 2.45) is 0 Å². The van der Waals surface area contributed by atoms with Gasteiger partial charge in [0.1, 0.15) is 11.6 Å². The quantitative estimate of drug-likeness (QED) is 0.818. The van der Waals surface area contributed by atoms with Crippen LogP contribution in [-0.2, 0) is 0 Å². The maximum atomic E-state index is 9.65. The number of aryl methyl sites for hydroxylation is 1. The fourth-order valence-corrected chi connectivity index (χ4v) is 3.36. The maximum absolute atomic E-state index is 9.65. The Morgan fingerprint density at radius 3 is 2.80 bits per heavy atom. The summed E-state index contributed by atoms with van der Waals surface area (Å²) >= 11 is 1.51. The summed E-state index contributed by atoms with van der Waals surface area (Å²) in [6, 6.07) is 12.8. The molecule has 1 saturated carbocycles. The lowest BCUT2D eigenvalue weighted by Crippen LogP contribution is -2.09. The van der Waals surface area contributed by atoms with E-state index in [1.807, 2.05) is 5.41 Å². The predicted octanol–water partition coefficient (Wildman–Crippen LogP) is 3.89. The van der Waals surface area contributed by atoms with Gasteiger partial charge in [-0.3, -0.25) is 0 Å². The molecule has 0 amide bonds. The minimum Gasteiger partial charge on any atom is -0.351 e. The van der Waals surface area contributed by atoms with Crippen LogP contribution in [-0.4, -0.2) is 16.0 Å². The Morgan fingerprint density at radius 1 is 1.28 bits per heavy atom. The molecule has 0 unspecified atom stereocenters. The normalized spacial score (nSPS) is 18.2. The van der Waals surface area contributed by atoms with Gasteiger partial charge < -0.3 is 10.6 Å². The van der Waals surface area contributed by atoms with Crippen LogP contribution in [0, 0.1) is 18.3 Å². The molecule has 0 radical (unpaired) electrons. The van der Waals surface area contributed by atoms with Crippen molar-refractivity contribution >= 4 is 29.0 Å². The van der Waals surface area contributed by atoms with Crippen LogP contribution in [0.5, 0.6) is 0 Å². The summed E-state index contributed by atoms with van der Waals surface area (Å²) in [5, 5.41) is 19.1. The first-order valence-electron chi connectivity index (χ1n) is 8.18. The van der Waals surface area contributed by atoms with Crippen LogP contribution in [0.2, 0.25) is 0 Å². The number of nitrogens with zero attached hydrogens (tertiary/aromatic N) is 3. The Labute approximate surface area is 150 Å². The molecule has 0 saturated heterocycles. The number of benzene rings is 1. The van der Waals surface area contributed by atoms with E-state index in [1.165, 1.54) is 17.3 Å². The molecule has 2 aliphatic rings. The van der Waals surface area contributed by atoms with E-state index in [-0.39, 0.29) is 0 Å². The molecular weight excluding hydrogens is 330 g/mol. The molecule has 1 aromatic heterocycles. The molecule has 2 heterocycles. The minimum absolute atomic E-state index is 0.474. The van der Waals surface area contributed by atoms with E-state index in [2.05, 4.69) is 57.9 Å². The average Bonchev–Trinajstić information content (AvgIpc) is 3.31. The molecule has 0 spiro atoms. The van der Waals surface area contributed by atoms with Gasteiger partial charge in [-0.05, 0) is 31.4 Å². The third-order valence-electron chi connectivity index (χ3n) is 4.07. The highest BCUT2D eigenvalue weighted by Crippen LogP contribution is 2.34. The molecule has 1 aliphatic heterocycles. The lowest BCUT2D eigenvalue weighted by Gasteiger charge is -2.09. The molecule has 1 aliphatic carbocycles. The van der Waals surface area contributed by atoms with Crippen LogP contribution in [0.15, 0.2) is 47.0 Å². The largest absolute Gasteiger partial charge is 0.351 e. The number of hydrogen-bond acceptors (Lipinski definition) is 6. The van der Waals surface area contributed by atoms with Crippen molar-refractivity contribution < 1.29 is 0 Å². The maximum Gasteiger partial charge on any atom is 0.223 e. The molecular formula is C19H17N5S. The van der Waals surface area contributed by atoms with Gasteiger partial charge in [-0.25, -0.2) is 9.97 Å². The second kappa shape index (κ2) is 6.61. The first kappa shape index (κ1) is 15.7. The Bertz CT molecular complexity index is 904. The first-order valence-corrected chi connectivity index (χ1v) is 9.06. The number of anilines is 1. The molecule has 124 valence electrons. The summed E-state index contributed by atoms with van der Waals surface area (Å²) in [5.74, 6) is 0.586. The van der Waals surface area contributed by atoms with Crippen molar-refractivity contribution in [1.82, 2.24) is 15.3 Å². The van der Waals surface area contributed by atoms with Crippen molar-refractivity contribution in [2.75, 3.05) is 5.32 Å².